The van der Waals surface area contributed by atoms with Gasteiger partial charge in [-0.2, -0.15) is 0 Å². The predicted molar refractivity (Wildman–Crippen MR) is 65.6 cm³/mol. The highest BCUT2D eigenvalue weighted by Gasteiger charge is 2.03. The van der Waals surface area contributed by atoms with Crippen LogP contribution in [0.3, 0.4) is 0 Å². The molecule has 0 saturated carbocycles. The number of allylic oxidation sites excluding steroid dienone is 1. The van der Waals surface area contributed by atoms with Crippen LogP contribution in [0, 0.1) is 6.92 Å². The van der Waals surface area contributed by atoms with E-state index in [2.05, 4.69) is 6.58 Å². The Bertz CT molecular complexity index is 297. The molecule has 16 heavy (non-hydrogen) atoms. The summed E-state index contributed by atoms with van der Waals surface area (Å²) in [5.41, 5.74) is 1.02. The van der Waals surface area contributed by atoms with E-state index in [1.807, 2.05) is 38.1 Å². The fourth-order valence-corrected chi connectivity index (χ4v) is 0.957. The number of hydrogen-bond acceptors (Lipinski definition) is 3. The lowest BCUT2D eigenvalue weighted by Crippen LogP contribution is -2.21. The molecule has 2 N–H and O–H groups in total. The summed E-state index contributed by atoms with van der Waals surface area (Å²) in [7, 11) is 0. The second-order valence-electron chi connectivity index (χ2n) is 3.32. The van der Waals surface area contributed by atoms with Crippen LogP contribution in [0.5, 0.6) is 5.75 Å². The summed E-state index contributed by atoms with van der Waals surface area (Å²) in [5.74, 6) is 0.745. The molecule has 0 aromatic heterocycles. The maximum absolute atomic E-state index is 9.04. The van der Waals surface area contributed by atoms with Gasteiger partial charge in [0.2, 0.25) is 0 Å². The first-order valence-electron chi connectivity index (χ1n) is 5.20. The topological polar surface area (TPSA) is 49.7 Å². The number of benzene rings is 1. The SMILES string of the molecule is C=CC.Cc1ccccc1OCC(O)CO. The van der Waals surface area contributed by atoms with E-state index in [0.717, 1.165) is 11.3 Å². The highest BCUT2D eigenvalue weighted by molar-refractivity contribution is 5.31. The predicted octanol–water partition coefficient (Wildman–Crippen LogP) is 1.92. The van der Waals surface area contributed by atoms with Crippen LogP contribution in [0.4, 0.5) is 0 Å². The van der Waals surface area contributed by atoms with Crippen LogP contribution in [0.25, 0.3) is 0 Å². The largest absolute Gasteiger partial charge is 0.491 e. The first-order chi connectivity index (χ1) is 7.65. The van der Waals surface area contributed by atoms with Crippen LogP contribution in [0.1, 0.15) is 12.5 Å². The third-order valence-corrected chi connectivity index (χ3v) is 1.74. The lowest BCUT2D eigenvalue weighted by Gasteiger charge is -2.11. The Morgan fingerprint density at radius 1 is 1.44 bits per heavy atom. The van der Waals surface area contributed by atoms with Gasteiger partial charge in [0, 0.05) is 0 Å². The Hall–Kier alpha value is -1.32. The number of aliphatic hydroxyl groups is 2. The van der Waals surface area contributed by atoms with Crippen LogP contribution >= 0.6 is 0 Å². The van der Waals surface area contributed by atoms with Crippen LogP contribution < -0.4 is 4.74 Å². The fourth-order valence-electron chi connectivity index (χ4n) is 0.957. The summed E-state index contributed by atoms with van der Waals surface area (Å²) in [5, 5.41) is 17.6. The number of para-hydroxylation sites is 1. The van der Waals surface area contributed by atoms with E-state index in [0.29, 0.717) is 0 Å². The molecule has 1 rings (SSSR count). The van der Waals surface area contributed by atoms with Crippen molar-refractivity contribution in [2.75, 3.05) is 13.2 Å². The molecule has 3 heteroatoms. The maximum Gasteiger partial charge on any atom is 0.122 e. The molecule has 0 aliphatic carbocycles. The van der Waals surface area contributed by atoms with E-state index in [-0.39, 0.29) is 13.2 Å². The van der Waals surface area contributed by atoms with E-state index in [1.165, 1.54) is 0 Å². The van der Waals surface area contributed by atoms with Gasteiger partial charge in [-0.1, -0.05) is 24.3 Å². The van der Waals surface area contributed by atoms with Gasteiger partial charge < -0.3 is 14.9 Å². The highest BCUT2D eigenvalue weighted by atomic mass is 16.5. The molecule has 1 atom stereocenters. The highest BCUT2D eigenvalue weighted by Crippen LogP contribution is 2.15. The molecule has 0 heterocycles. The minimum atomic E-state index is -0.806. The molecular formula is C13H20O3. The van der Waals surface area contributed by atoms with E-state index >= 15 is 0 Å². The lowest BCUT2D eigenvalue weighted by atomic mass is 10.2. The Balaban J connectivity index is 0.000000673. The summed E-state index contributed by atoms with van der Waals surface area (Å²) >= 11 is 0. The van der Waals surface area contributed by atoms with Crippen LogP contribution in [-0.4, -0.2) is 29.5 Å². The van der Waals surface area contributed by atoms with Crippen molar-refractivity contribution in [3.8, 4) is 5.75 Å². The molecule has 0 aliphatic heterocycles. The molecule has 0 amide bonds. The summed E-state index contributed by atoms with van der Waals surface area (Å²) in [6.07, 6.45) is 0.944. The number of hydrogen-bond donors (Lipinski definition) is 2. The van der Waals surface area contributed by atoms with E-state index in [4.69, 9.17) is 14.9 Å². The number of aryl methyl sites for hydroxylation is 1. The van der Waals surface area contributed by atoms with Crippen molar-refractivity contribution in [2.45, 2.75) is 20.0 Å². The van der Waals surface area contributed by atoms with Gasteiger partial charge in [-0.15, -0.1) is 6.58 Å². The molecule has 0 saturated heterocycles. The molecule has 0 radical (unpaired) electrons. The molecule has 1 unspecified atom stereocenters. The van der Waals surface area contributed by atoms with Crippen molar-refractivity contribution >= 4 is 0 Å². The van der Waals surface area contributed by atoms with E-state index < -0.39 is 6.10 Å². The number of ether oxygens (including phenoxy) is 1. The van der Waals surface area contributed by atoms with Gasteiger partial charge in [0.05, 0.1) is 6.61 Å². The average Bonchev–Trinajstić information content (AvgIpc) is 2.28. The first-order valence-corrected chi connectivity index (χ1v) is 5.20. The number of rotatable bonds is 4. The minimum Gasteiger partial charge on any atom is -0.491 e. The van der Waals surface area contributed by atoms with Crippen LogP contribution in [0.15, 0.2) is 36.9 Å². The monoisotopic (exact) mass is 224 g/mol. The Morgan fingerprint density at radius 3 is 2.50 bits per heavy atom. The zero-order chi connectivity index (χ0) is 12.4. The summed E-state index contributed by atoms with van der Waals surface area (Å²) in [6.45, 7) is 7.04. The Labute approximate surface area is 97.0 Å². The van der Waals surface area contributed by atoms with Crippen molar-refractivity contribution in [1.82, 2.24) is 0 Å². The van der Waals surface area contributed by atoms with Gasteiger partial charge in [0.25, 0.3) is 0 Å². The number of aliphatic hydroxyl groups excluding tert-OH is 2. The standard InChI is InChI=1S/C10H14O3.C3H6/c1-8-4-2-3-5-10(8)13-7-9(12)6-11;1-3-2/h2-5,9,11-12H,6-7H2,1H3;3H,1H2,2H3. The molecule has 0 aliphatic rings. The first kappa shape index (κ1) is 14.7. The molecular weight excluding hydrogens is 204 g/mol. The van der Waals surface area contributed by atoms with Gasteiger partial charge in [0.1, 0.15) is 18.5 Å². The van der Waals surface area contributed by atoms with Gasteiger partial charge in [0.15, 0.2) is 0 Å². The molecule has 3 nitrogen and oxygen atoms in total. The fraction of sp³-hybridized carbons (Fsp3) is 0.385. The van der Waals surface area contributed by atoms with Crippen molar-refractivity contribution in [3.63, 3.8) is 0 Å². The van der Waals surface area contributed by atoms with Crippen molar-refractivity contribution in [3.05, 3.63) is 42.5 Å². The van der Waals surface area contributed by atoms with Crippen LogP contribution in [0.2, 0.25) is 0 Å². The maximum atomic E-state index is 9.04. The van der Waals surface area contributed by atoms with Crippen LogP contribution in [-0.2, 0) is 0 Å². The lowest BCUT2D eigenvalue weighted by molar-refractivity contribution is 0.0534. The summed E-state index contributed by atoms with van der Waals surface area (Å²) < 4.78 is 5.28. The van der Waals surface area contributed by atoms with Crippen molar-refractivity contribution < 1.29 is 14.9 Å². The zero-order valence-electron chi connectivity index (χ0n) is 9.89. The van der Waals surface area contributed by atoms with Crippen molar-refractivity contribution in [1.29, 1.82) is 0 Å². The summed E-state index contributed by atoms with van der Waals surface area (Å²) in [4.78, 5) is 0. The third-order valence-electron chi connectivity index (χ3n) is 1.74. The van der Waals surface area contributed by atoms with E-state index in [9.17, 15) is 0 Å². The minimum absolute atomic E-state index is 0.126. The Morgan fingerprint density at radius 2 is 2.00 bits per heavy atom. The molecule has 90 valence electrons. The molecule has 0 spiro atoms. The van der Waals surface area contributed by atoms with Gasteiger partial charge in [-0.3, -0.25) is 0 Å². The second kappa shape index (κ2) is 8.95. The average molecular weight is 224 g/mol. The quantitative estimate of drug-likeness (QED) is 0.768. The van der Waals surface area contributed by atoms with Gasteiger partial charge in [-0.25, -0.2) is 0 Å². The van der Waals surface area contributed by atoms with Gasteiger partial charge >= 0.3 is 0 Å². The molecule has 0 bridgehead atoms. The molecule has 1 aromatic carbocycles. The van der Waals surface area contributed by atoms with Gasteiger partial charge in [-0.05, 0) is 25.5 Å². The smallest absolute Gasteiger partial charge is 0.122 e. The zero-order valence-corrected chi connectivity index (χ0v) is 9.89. The molecule has 1 aromatic rings. The van der Waals surface area contributed by atoms with E-state index in [1.54, 1.807) is 6.08 Å². The third kappa shape index (κ3) is 6.22. The molecule has 0 fully saturated rings. The van der Waals surface area contributed by atoms with Crippen molar-refractivity contribution in [2.24, 2.45) is 0 Å². The summed E-state index contributed by atoms with van der Waals surface area (Å²) in [6, 6.07) is 7.55. The second-order valence-corrected chi connectivity index (χ2v) is 3.32. The normalized spacial score (nSPS) is 11.0. The Kier molecular flexibility index (Phi) is 8.21.